The van der Waals surface area contributed by atoms with Crippen LogP contribution in [0, 0.1) is 0 Å². The predicted molar refractivity (Wildman–Crippen MR) is 313 cm³/mol. The van der Waals surface area contributed by atoms with Crippen molar-refractivity contribution < 1.29 is 4.42 Å². The molecule has 0 N–H and O–H groups in total. The van der Waals surface area contributed by atoms with Crippen LogP contribution in [0.2, 0.25) is 0 Å². The van der Waals surface area contributed by atoms with Gasteiger partial charge >= 0.3 is 439 Å². The number of para-hydroxylation sites is 8. The summed E-state index contributed by atoms with van der Waals surface area (Å²) in [6, 6.07) is 93.9. The van der Waals surface area contributed by atoms with Gasteiger partial charge in [-0.2, -0.15) is 0 Å². The zero-order valence-corrected chi connectivity index (χ0v) is 41.7. The average Bonchev–Trinajstić information content (AvgIpc) is 3.88. The standard InChI is InChI=1S/C66H42B2N4OSe/c1-6-22-43(23-7-1)69(44-24-8-2-9-25-44)48-38-57-64-58(39-48)72(47-30-14-5-15-31-47)56-42-62-53(40-52(56)67(64)50-33-17-19-35-54(50)70(57)45-26-10-3-11-27-45)68-51-34-18-20-36-55(51)71(46-28-12-4-13-29-46)59-41-61-63(66(74-62)65(59)68)49-32-16-21-37-60(49)73-61/h1-42H. The first-order valence-electron chi connectivity index (χ1n) is 25.4. The third kappa shape index (κ3) is 6.07. The fourth-order valence-electron chi connectivity index (χ4n) is 12.7. The predicted octanol–water partition coefficient (Wildman–Crippen LogP) is 11.4. The number of hydrogen-bond donors (Lipinski definition) is 0. The number of benzene rings is 11. The maximum atomic E-state index is 6.87. The summed E-state index contributed by atoms with van der Waals surface area (Å²) in [5.74, 6) is 0. The molecule has 11 aromatic carbocycles. The molecule has 0 aliphatic carbocycles. The van der Waals surface area contributed by atoms with Crippen LogP contribution in [0.15, 0.2) is 259 Å². The molecule has 8 heteroatoms. The molecule has 0 saturated heterocycles. The van der Waals surface area contributed by atoms with Crippen molar-refractivity contribution in [2.24, 2.45) is 0 Å². The summed E-state index contributed by atoms with van der Waals surface area (Å²) in [5, 5.41) is 2.42. The molecule has 0 spiro atoms. The van der Waals surface area contributed by atoms with Crippen LogP contribution < -0.4 is 61.3 Å². The van der Waals surface area contributed by atoms with E-state index in [1.54, 1.807) is 0 Å². The normalized spacial score (nSPS) is 13.5. The van der Waals surface area contributed by atoms with Crippen LogP contribution in [0.5, 0.6) is 0 Å². The van der Waals surface area contributed by atoms with Crippen LogP contribution in [0.3, 0.4) is 0 Å². The first kappa shape index (κ1) is 41.7. The van der Waals surface area contributed by atoms with Crippen LogP contribution in [-0.2, 0) is 0 Å². The van der Waals surface area contributed by atoms with Crippen molar-refractivity contribution in [1.29, 1.82) is 0 Å². The molecule has 16 rings (SSSR count). The molecule has 0 saturated carbocycles. The van der Waals surface area contributed by atoms with E-state index in [0.717, 1.165) is 45.3 Å². The fraction of sp³-hybridized carbons (Fsp3) is 0. The number of furan rings is 1. The molecule has 0 amide bonds. The minimum absolute atomic E-state index is 0.0106. The van der Waals surface area contributed by atoms with Gasteiger partial charge in [0.2, 0.25) is 0 Å². The van der Waals surface area contributed by atoms with Gasteiger partial charge in [-0.25, -0.2) is 0 Å². The quantitative estimate of drug-likeness (QED) is 0.155. The Bertz CT molecular complexity index is 4170. The van der Waals surface area contributed by atoms with Crippen molar-refractivity contribution >= 4 is 160 Å². The molecular weight excluding hydrogens is 965 g/mol. The molecule has 5 heterocycles. The van der Waals surface area contributed by atoms with Gasteiger partial charge in [-0.1, -0.05) is 0 Å². The van der Waals surface area contributed by atoms with Crippen molar-refractivity contribution in [3.8, 4) is 0 Å². The monoisotopic (exact) mass is 1010 g/mol. The SMILES string of the molecule is c1ccc(N(c2ccccc2)c2cc3c4c(c2)N(c2ccccc2)c2cc5c(cc2B4c2ccccc2N3c2ccccc2)B2c3ccccc3N(c3ccccc3)c3cc4oc6ccccc6c4c(c32)[Se]5)cc1. The first-order valence-corrected chi connectivity index (χ1v) is 27.1. The van der Waals surface area contributed by atoms with E-state index < -0.39 is 0 Å². The van der Waals surface area contributed by atoms with E-state index in [1.165, 1.54) is 86.6 Å². The summed E-state index contributed by atoms with van der Waals surface area (Å²) in [5.41, 5.74) is 23.7. The van der Waals surface area contributed by atoms with Gasteiger partial charge in [-0.3, -0.25) is 0 Å². The van der Waals surface area contributed by atoms with E-state index in [1.807, 2.05) is 0 Å². The summed E-state index contributed by atoms with van der Waals surface area (Å²) in [6.45, 7) is -0.0794. The van der Waals surface area contributed by atoms with Crippen LogP contribution in [-0.4, -0.2) is 28.4 Å². The summed E-state index contributed by atoms with van der Waals surface area (Å²) < 4.78 is 9.66. The summed E-state index contributed by atoms with van der Waals surface area (Å²) >= 11 is -0.104. The third-order valence-electron chi connectivity index (χ3n) is 15.6. The molecule has 344 valence electrons. The van der Waals surface area contributed by atoms with Gasteiger partial charge in [-0.05, 0) is 0 Å². The number of nitrogens with zero attached hydrogens (tertiary/aromatic N) is 4. The number of rotatable bonds is 6. The molecule has 74 heavy (non-hydrogen) atoms. The van der Waals surface area contributed by atoms with Crippen LogP contribution >= 0.6 is 0 Å². The average molecular weight is 1010 g/mol. The maximum absolute atomic E-state index is 6.87. The van der Waals surface area contributed by atoms with Crippen LogP contribution in [0.25, 0.3) is 21.9 Å². The van der Waals surface area contributed by atoms with Crippen LogP contribution in [0.4, 0.5) is 68.2 Å². The van der Waals surface area contributed by atoms with E-state index in [4.69, 9.17) is 4.42 Å². The second kappa shape index (κ2) is 16.3. The van der Waals surface area contributed by atoms with Crippen molar-refractivity contribution in [1.82, 2.24) is 0 Å². The van der Waals surface area contributed by atoms with Gasteiger partial charge in [0.1, 0.15) is 0 Å². The van der Waals surface area contributed by atoms with Gasteiger partial charge in [0.15, 0.2) is 0 Å². The Labute approximate surface area is 436 Å². The summed E-state index contributed by atoms with van der Waals surface area (Å²) in [7, 11) is 0. The number of anilines is 12. The molecule has 0 radical (unpaired) electrons. The summed E-state index contributed by atoms with van der Waals surface area (Å²) in [4.78, 5) is 9.99. The van der Waals surface area contributed by atoms with E-state index in [2.05, 4.69) is 274 Å². The molecule has 0 fully saturated rings. The van der Waals surface area contributed by atoms with E-state index in [9.17, 15) is 0 Å². The number of fused-ring (bicyclic) bond motifs is 12. The van der Waals surface area contributed by atoms with Gasteiger partial charge in [0.05, 0.1) is 0 Å². The second-order valence-corrected chi connectivity index (χ2v) is 21.8. The van der Waals surface area contributed by atoms with Crippen molar-refractivity contribution in [3.63, 3.8) is 0 Å². The van der Waals surface area contributed by atoms with Crippen molar-refractivity contribution in [2.45, 2.75) is 0 Å². The zero-order chi connectivity index (χ0) is 48.4. The molecular formula is C66H42B2N4OSe. The van der Waals surface area contributed by atoms with Gasteiger partial charge in [-0.15, -0.1) is 0 Å². The zero-order valence-electron chi connectivity index (χ0n) is 40.0. The Kier molecular flexibility index (Phi) is 9.17. The van der Waals surface area contributed by atoms with E-state index in [0.29, 0.717) is 0 Å². The molecule has 12 aromatic rings. The van der Waals surface area contributed by atoms with Gasteiger partial charge in [0, 0.05) is 0 Å². The summed E-state index contributed by atoms with van der Waals surface area (Å²) in [6.07, 6.45) is 0. The Morgan fingerprint density at radius 1 is 0.338 bits per heavy atom. The fourth-order valence-corrected chi connectivity index (χ4v) is 15.5. The molecule has 5 nitrogen and oxygen atoms in total. The molecule has 0 bridgehead atoms. The minimum atomic E-state index is -0.104. The van der Waals surface area contributed by atoms with Gasteiger partial charge < -0.3 is 0 Å². The Morgan fingerprint density at radius 3 is 1.36 bits per heavy atom. The Balaban J connectivity index is 1.01. The molecule has 4 aliphatic rings. The third-order valence-corrected chi connectivity index (χ3v) is 18.1. The molecule has 0 atom stereocenters. The van der Waals surface area contributed by atoms with Crippen LogP contribution in [0.1, 0.15) is 0 Å². The first-order chi connectivity index (χ1) is 36.7. The Hall–Kier alpha value is -8.93. The molecule has 4 aliphatic heterocycles. The van der Waals surface area contributed by atoms with E-state index in [-0.39, 0.29) is 28.4 Å². The van der Waals surface area contributed by atoms with Gasteiger partial charge in [0.25, 0.3) is 0 Å². The van der Waals surface area contributed by atoms with Crippen molar-refractivity contribution in [2.75, 3.05) is 19.6 Å². The number of hydrogen-bond acceptors (Lipinski definition) is 5. The van der Waals surface area contributed by atoms with E-state index >= 15 is 0 Å². The Morgan fingerprint density at radius 2 is 0.797 bits per heavy atom. The molecule has 0 unspecified atom stereocenters. The second-order valence-electron chi connectivity index (χ2n) is 19.6. The topological polar surface area (TPSA) is 26.1 Å². The molecule has 1 aromatic heterocycles. The van der Waals surface area contributed by atoms with Crippen molar-refractivity contribution in [3.05, 3.63) is 255 Å².